The van der Waals surface area contributed by atoms with Crippen LogP contribution in [0.3, 0.4) is 0 Å². The van der Waals surface area contributed by atoms with Gasteiger partial charge in [0.2, 0.25) is 5.88 Å². The highest BCUT2D eigenvalue weighted by molar-refractivity contribution is 5.94. The van der Waals surface area contributed by atoms with Crippen molar-refractivity contribution in [1.29, 1.82) is 0 Å². The lowest BCUT2D eigenvalue weighted by atomic mass is 9.84. The SMILES string of the molecule is O=C(c1ccc(Oc2ccc(C3CCCCC3)cc2)nc1)N1CCOCC1. The van der Waals surface area contributed by atoms with E-state index >= 15 is 0 Å². The molecule has 0 N–H and O–H groups in total. The van der Waals surface area contributed by atoms with Gasteiger partial charge in [-0.3, -0.25) is 4.79 Å². The molecular weight excluding hydrogens is 340 g/mol. The Morgan fingerprint density at radius 3 is 2.41 bits per heavy atom. The fourth-order valence-corrected chi connectivity index (χ4v) is 3.88. The summed E-state index contributed by atoms with van der Waals surface area (Å²) >= 11 is 0. The Balaban J connectivity index is 1.37. The van der Waals surface area contributed by atoms with Crippen molar-refractivity contribution in [3.8, 4) is 11.6 Å². The highest BCUT2D eigenvalue weighted by Crippen LogP contribution is 2.33. The summed E-state index contributed by atoms with van der Waals surface area (Å²) in [5.41, 5.74) is 1.98. The predicted molar refractivity (Wildman–Crippen MR) is 103 cm³/mol. The number of carbonyl (C=O) groups excluding carboxylic acids is 1. The summed E-state index contributed by atoms with van der Waals surface area (Å²) in [5.74, 6) is 1.96. The molecule has 1 saturated carbocycles. The predicted octanol–water partition coefficient (Wildman–Crippen LogP) is 4.39. The van der Waals surface area contributed by atoms with Crippen molar-refractivity contribution in [2.45, 2.75) is 38.0 Å². The number of nitrogens with zero attached hydrogens (tertiary/aromatic N) is 2. The molecule has 5 heteroatoms. The average Bonchev–Trinajstić information content (AvgIpc) is 2.76. The zero-order valence-electron chi connectivity index (χ0n) is 15.6. The number of rotatable bonds is 4. The molecule has 2 aliphatic rings. The van der Waals surface area contributed by atoms with Crippen LogP contribution < -0.4 is 4.74 Å². The van der Waals surface area contributed by atoms with Crippen LogP contribution in [0.4, 0.5) is 0 Å². The summed E-state index contributed by atoms with van der Waals surface area (Å²) in [7, 11) is 0. The largest absolute Gasteiger partial charge is 0.439 e. The third-order valence-electron chi connectivity index (χ3n) is 5.46. The average molecular weight is 366 g/mol. The fraction of sp³-hybridized carbons (Fsp3) is 0.455. The highest BCUT2D eigenvalue weighted by Gasteiger charge is 2.19. The number of ether oxygens (including phenoxy) is 2. The molecule has 0 bridgehead atoms. The van der Waals surface area contributed by atoms with Crippen LogP contribution in [0.1, 0.15) is 53.9 Å². The van der Waals surface area contributed by atoms with Crippen LogP contribution in [0, 0.1) is 0 Å². The number of pyridine rings is 1. The van der Waals surface area contributed by atoms with Crippen LogP contribution in [0.15, 0.2) is 42.6 Å². The molecule has 0 unspecified atom stereocenters. The molecule has 0 radical (unpaired) electrons. The molecular formula is C22H26N2O3. The standard InChI is InChI=1S/C22H26N2O3/c25-22(24-12-14-26-15-13-24)19-8-11-21(23-16-19)27-20-9-6-18(7-10-20)17-4-2-1-3-5-17/h6-11,16-17H,1-5,12-15H2. The summed E-state index contributed by atoms with van der Waals surface area (Å²) in [6.45, 7) is 2.45. The Labute approximate surface area is 160 Å². The molecule has 2 aromatic rings. The number of hydrogen-bond donors (Lipinski definition) is 0. The van der Waals surface area contributed by atoms with Crippen molar-refractivity contribution in [1.82, 2.24) is 9.88 Å². The van der Waals surface area contributed by atoms with Gasteiger partial charge in [-0.2, -0.15) is 0 Å². The Bertz CT molecular complexity index is 746. The number of carbonyl (C=O) groups is 1. The van der Waals surface area contributed by atoms with E-state index in [-0.39, 0.29) is 5.91 Å². The van der Waals surface area contributed by atoms with Gasteiger partial charge >= 0.3 is 0 Å². The van der Waals surface area contributed by atoms with Crippen LogP contribution in [0.2, 0.25) is 0 Å². The maximum Gasteiger partial charge on any atom is 0.255 e. The van der Waals surface area contributed by atoms with Gasteiger partial charge in [-0.15, -0.1) is 0 Å². The molecule has 1 amide bonds. The van der Waals surface area contributed by atoms with Crippen LogP contribution >= 0.6 is 0 Å². The number of amides is 1. The second kappa shape index (κ2) is 8.53. The maximum atomic E-state index is 12.4. The minimum absolute atomic E-state index is 0.00538. The molecule has 142 valence electrons. The first-order valence-corrected chi connectivity index (χ1v) is 9.90. The normalized spacial score (nSPS) is 18.3. The van der Waals surface area contributed by atoms with E-state index in [2.05, 4.69) is 17.1 Å². The first-order valence-electron chi connectivity index (χ1n) is 9.90. The van der Waals surface area contributed by atoms with Crippen LogP contribution in [0.5, 0.6) is 11.6 Å². The lowest BCUT2D eigenvalue weighted by Gasteiger charge is -2.26. The molecule has 0 atom stereocenters. The Hall–Kier alpha value is -2.40. The van der Waals surface area contributed by atoms with Gasteiger partial charge in [-0.05, 0) is 42.5 Å². The second-order valence-corrected chi connectivity index (χ2v) is 7.30. The summed E-state index contributed by atoms with van der Waals surface area (Å²) in [5, 5.41) is 0. The molecule has 27 heavy (non-hydrogen) atoms. The van der Waals surface area contributed by atoms with Gasteiger partial charge in [-0.25, -0.2) is 4.98 Å². The maximum absolute atomic E-state index is 12.4. The molecule has 2 heterocycles. The number of benzene rings is 1. The smallest absolute Gasteiger partial charge is 0.255 e. The Morgan fingerprint density at radius 2 is 1.74 bits per heavy atom. The molecule has 1 aliphatic heterocycles. The van der Waals surface area contributed by atoms with E-state index in [1.807, 2.05) is 12.1 Å². The molecule has 1 aromatic carbocycles. The summed E-state index contributed by atoms with van der Waals surface area (Å²) in [4.78, 5) is 18.5. The van der Waals surface area contributed by atoms with E-state index in [1.165, 1.54) is 37.7 Å². The van der Waals surface area contributed by atoms with E-state index in [1.54, 1.807) is 23.2 Å². The van der Waals surface area contributed by atoms with Crippen molar-refractivity contribution in [2.75, 3.05) is 26.3 Å². The quantitative estimate of drug-likeness (QED) is 0.805. The number of aromatic nitrogens is 1. The third-order valence-corrected chi connectivity index (χ3v) is 5.46. The van der Waals surface area contributed by atoms with Gasteiger partial charge in [0.05, 0.1) is 18.8 Å². The fourth-order valence-electron chi connectivity index (χ4n) is 3.88. The van der Waals surface area contributed by atoms with Crippen molar-refractivity contribution >= 4 is 5.91 Å². The molecule has 0 spiro atoms. The van der Waals surface area contributed by atoms with Gasteiger partial charge in [0.25, 0.3) is 5.91 Å². The third kappa shape index (κ3) is 4.48. The van der Waals surface area contributed by atoms with E-state index in [0.29, 0.717) is 43.7 Å². The van der Waals surface area contributed by atoms with E-state index in [4.69, 9.17) is 9.47 Å². The molecule has 1 aliphatic carbocycles. The van der Waals surface area contributed by atoms with E-state index in [0.717, 1.165) is 5.75 Å². The van der Waals surface area contributed by atoms with Crippen molar-refractivity contribution in [3.63, 3.8) is 0 Å². The minimum atomic E-state index is -0.00538. The molecule has 4 rings (SSSR count). The summed E-state index contributed by atoms with van der Waals surface area (Å²) in [6.07, 6.45) is 8.21. The monoisotopic (exact) mass is 366 g/mol. The molecule has 1 aromatic heterocycles. The van der Waals surface area contributed by atoms with E-state index in [9.17, 15) is 4.79 Å². The Morgan fingerprint density at radius 1 is 1.00 bits per heavy atom. The van der Waals surface area contributed by atoms with Gasteiger partial charge in [-0.1, -0.05) is 31.4 Å². The molecule has 1 saturated heterocycles. The van der Waals surface area contributed by atoms with Crippen molar-refractivity contribution in [2.24, 2.45) is 0 Å². The van der Waals surface area contributed by atoms with Crippen LogP contribution in [0.25, 0.3) is 0 Å². The van der Waals surface area contributed by atoms with Gasteiger partial charge in [0.15, 0.2) is 0 Å². The lowest BCUT2D eigenvalue weighted by molar-refractivity contribution is 0.0302. The van der Waals surface area contributed by atoms with Gasteiger partial charge in [0.1, 0.15) is 5.75 Å². The zero-order valence-corrected chi connectivity index (χ0v) is 15.6. The molecule has 2 fully saturated rings. The van der Waals surface area contributed by atoms with Crippen molar-refractivity contribution < 1.29 is 14.3 Å². The Kier molecular flexibility index (Phi) is 5.68. The van der Waals surface area contributed by atoms with Crippen LogP contribution in [-0.4, -0.2) is 42.1 Å². The van der Waals surface area contributed by atoms with Gasteiger partial charge < -0.3 is 14.4 Å². The summed E-state index contributed by atoms with van der Waals surface area (Å²) in [6, 6.07) is 11.9. The topological polar surface area (TPSA) is 51.7 Å². The molecule has 5 nitrogen and oxygen atoms in total. The van der Waals surface area contributed by atoms with Crippen molar-refractivity contribution in [3.05, 3.63) is 53.7 Å². The zero-order chi connectivity index (χ0) is 18.5. The number of hydrogen-bond acceptors (Lipinski definition) is 4. The lowest BCUT2D eigenvalue weighted by Crippen LogP contribution is -2.40. The number of morpholine rings is 1. The summed E-state index contributed by atoms with van der Waals surface area (Å²) < 4.78 is 11.1. The minimum Gasteiger partial charge on any atom is -0.439 e. The second-order valence-electron chi connectivity index (χ2n) is 7.30. The van der Waals surface area contributed by atoms with Gasteiger partial charge in [0, 0.05) is 25.4 Å². The van der Waals surface area contributed by atoms with Crippen LogP contribution in [-0.2, 0) is 4.74 Å². The highest BCUT2D eigenvalue weighted by atomic mass is 16.5. The van der Waals surface area contributed by atoms with E-state index < -0.39 is 0 Å². The first-order chi connectivity index (χ1) is 13.3. The first kappa shape index (κ1) is 18.0.